The summed E-state index contributed by atoms with van der Waals surface area (Å²) in [4.78, 5) is 5.85. The van der Waals surface area contributed by atoms with Crippen molar-refractivity contribution in [2.45, 2.75) is 129 Å². The van der Waals surface area contributed by atoms with E-state index in [1.807, 2.05) is 22.7 Å². The van der Waals surface area contributed by atoms with Crippen molar-refractivity contribution in [3.63, 3.8) is 0 Å². The van der Waals surface area contributed by atoms with Gasteiger partial charge >= 0.3 is 0 Å². The molecule has 0 aliphatic carbocycles. The Morgan fingerprint density at radius 2 is 0.688 bits per heavy atom. The number of fused-ring (bicyclic) bond motifs is 3. The van der Waals surface area contributed by atoms with Gasteiger partial charge in [0.15, 0.2) is 0 Å². The first-order valence-electron chi connectivity index (χ1n) is 19.3. The second-order valence-corrected chi connectivity index (χ2v) is 16.5. The predicted octanol–water partition coefficient (Wildman–Crippen LogP) is 16.0. The van der Waals surface area contributed by atoms with Crippen molar-refractivity contribution in [2.24, 2.45) is 0 Å². The molecular formula is C46H56S2. The highest BCUT2D eigenvalue weighted by Crippen LogP contribution is 2.36. The van der Waals surface area contributed by atoms with Gasteiger partial charge in [-0.05, 0) is 130 Å². The molecule has 0 atom stereocenters. The number of thiophene rings is 2. The van der Waals surface area contributed by atoms with Gasteiger partial charge in [0, 0.05) is 19.5 Å². The third-order valence-corrected chi connectivity index (χ3v) is 12.6. The van der Waals surface area contributed by atoms with E-state index in [4.69, 9.17) is 0 Å². The number of benzene rings is 4. The van der Waals surface area contributed by atoms with Crippen LogP contribution in [0.4, 0.5) is 0 Å². The molecule has 0 aliphatic heterocycles. The summed E-state index contributed by atoms with van der Waals surface area (Å²) in [5.74, 6) is 0. The van der Waals surface area contributed by atoms with Gasteiger partial charge in [-0.1, -0.05) is 128 Å². The van der Waals surface area contributed by atoms with Gasteiger partial charge in [-0.2, -0.15) is 0 Å². The minimum absolute atomic E-state index is 1.22. The van der Waals surface area contributed by atoms with Crippen LogP contribution in [0, 0.1) is 0 Å². The number of hydrogen-bond donors (Lipinski definition) is 0. The van der Waals surface area contributed by atoms with Crippen LogP contribution >= 0.6 is 22.7 Å². The summed E-state index contributed by atoms with van der Waals surface area (Å²) in [7, 11) is 0. The van der Waals surface area contributed by atoms with Crippen LogP contribution in [0.2, 0.25) is 0 Å². The monoisotopic (exact) mass is 672 g/mol. The average Bonchev–Trinajstić information content (AvgIpc) is 3.79. The van der Waals surface area contributed by atoms with Crippen molar-refractivity contribution in [2.75, 3.05) is 0 Å². The van der Waals surface area contributed by atoms with E-state index in [1.54, 1.807) is 0 Å². The van der Waals surface area contributed by atoms with Crippen molar-refractivity contribution in [3.8, 4) is 20.9 Å². The van der Waals surface area contributed by atoms with Crippen molar-refractivity contribution >= 4 is 55.0 Å². The molecule has 0 nitrogen and oxygen atoms in total. The Hall–Kier alpha value is -2.94. The fraction of sp³-hybridized carbons (Fsp3) is 0.435. The van der Waals surface area contributed by atoms with Crippen molar-refractivity contribution in [3.05, 3.63) is 94.7 Å². The normalized spacial score (nSPS) is 11.8. The fourth-order valence-electron chi connectivity index (χ4n) is 7.26. The molecule has 2 heterocycles. The lowest BCUT2D eigenvalue weighted by Crippen LogP contribution is -1.83. The summed E-state index contributed by atoms with van der Waals surface area (Å²) in [6.07, 6.45) is 24.6. The van der Waals surface area contributed by atoms with Gasteiger partial charge in [0.1, 0.15) is 0 Å². The SMILES string of the molecule is CCCCCCCCCCc1ccc(-c2ccc3cc4cc5cc(-c6ccc(CCCCCCCCCC)s6)ccc5cc4cc3c2)s1. The maximum atomic E-state index is 2.40. The van der Waals surface area contributed by atoms with Gasteiger partial charge in [-0.25, -0.2) is 0 Å². The van der Waals surface area contributed by atoms with Crippen LogP contribution in [-0.4, -0.2) is 0 Å². The Bertz CT molecular complexity index is 1730. The summed E-state index contributed by atoms with van der Waals surface area (Å²) in [5.41, 5.74) is 2.69. The largest absolute Gasteiger partial charge is 0.140 e. The molecule has 0 radical (unpaired) electrons. The van der Waals surface area contributed by atoms with Gasteiger partial charge in [-0.15, -0.1) is 22.7 Å². The number of aryl methyl sites for hydroxylation is 2. The molecule has 0 amide bonds. The van der Waals surface area contributed by atoms with E-state index < -0.39 is 0 Å². The van der Waals surface area contributed by atoms with Crippen LogP contribution in [0.3, 0.4) is 0 Å². The maximum absolute atomic E-state index is 2.40. The lowest BCUT2D eigenvalue weighted by atomic mass is 9.97. The standard InChI is InChI=1S/C46H56S2/c1-3-5-7-9-11-13-15-17-19-43-25-27-45(47-43)37-23-21-35-29-42-34-40-32-38(24-22-36(40)30-41(42)33-39(35)31-37)46-28-26-44(48-46)20-18-16-14-12-10-8-6-4-2/h21-34H,3-20H2,1-2H3. The molecule has 0 spiro atoms. The summed E-state index contributed by atoms with van der Waals surface area (Å²) >= 11 is 3.97. The fourth-order valence-corrected chi connectivity index (χ4v) is 9.35. The van der Waals surface area contributed by atoms with E-state index in [2.05, 4.69) is 98.8 Å². The zero-order chi connectivity index (χ0) is 33.0. The summed E-state index contributed by atoms with van der Waals surface area (Å²) in [6.45, 7) is 4.59. The Labute approximate surface area is 298 Å². The molecule has 0 fully saturated rings. The van der Waals surface area contributed by atoms with Gasteiger partial charge < -0.3 is 0 Å². The quantitative estimate of drug-likeness (QED) is 0.0559. The first-order valence-corrected chi connectivity index (χ1v) is 20.9. The summed E-state index contributed by atoms with van der Waals surface area (Å²) in [6, 6.07) is 33.0. The van der Waals surface area contributed by atoms with E-state index in [-0.39, 0.29) is 0 Å². The topological polar surface area (TPSA) is 0 Å². The molecule has 0 saturated heterocycles. The molecule has 48 heavy (non-hydrogen) atoms. The van der Waals surface area contributed by atoms with Crippen molar-refractivity contribution in [1.82, 2.24) is 0 Å². The van der Waals surface area contributed by atoms with E-state index in [9.17, 15) is 0 Å². The highest BCUT2D eigenvalue weighted by molar-refractivity contribution is 7.15. The van der Waals surface area contributed by atoms with E-state index in [0.29, 0.717) is 0 Å². The average molecular weight is 673 g/mol. The van der Waals surface area contributed by atoms with E-state index in [1.165, 1.54) is 179 Å². The molecule has 2 heteroatoms. The van der Waals surface area contributed by atoms with Crippen LogP contribution in [-0.2, 0) is 12.8 Å². The van der Waals surface area contributed by atoms with Crippen LogP contribution in [0.5, 0.6) is 0 Å². The molecule has 2 aromatic heterocycles. The Balaban J connectivity index is 1.07. The van der Waals surface area contributed by atoms with Gasteiger partial charge in [0.2, 0.25) is 0 Å². The zero-order valence-corrected chi connectivity index (χ0v) is 31.3. The smallest absolute Gasteiger partial charge is 0.0345 e. The minimum atomic E-state index is 1.22. The maximum Gasteiger partial charge on any atom is 0.0345 e. The number of unbranched alkanes of at least 4 members (excludes halogenated alkanes) is 14. The van der Waals surface area contributed by atoms with Gasteiger partial charge in [-0.3, -0.25) is 0 Å². The van der Waals surface area contributed by atoms with Crippen LogP contribution in [0.15, 0.2) is 84.9 Å². The Morgan fingerprint density at radius 3 is 1.10 bits per heavy atom. The molecule has 0 unspecified atom stereocenters. The van der Waals surface area contributed by atoms with E-state index in [0.717, 1.165) is 0 Å². The predicted molar refractivity (Wildman–Crippen MR) is 218 cm³/mol. The van der Waals surface area contributed by atoms with Gasteiger partial charge in [0.25, 0.3) is 0 Å². The van der Waals surface area contributed by atoms with Crippen LogP contribution < -0.4 is 0 Å². The van der Waals surface area contributed by atoms with Crippen LogP contribution in [0.25, 0.3) is 53.2 Å². The third kappa shape index (κ3) is 9.60. The third-order valence-electron chi connectivity index (χ3n) is 10.2. The Morgan fingerprint density at radius 1 is 0.333 bits per heavy atom. The Kier molecular flexibility index (Phi) is 13.2. The second kappa shape index (κ2) is 18.2. The number of hydrogen-bond acceptors (Lipinski definition) is 2. The lowest BCUT2D eigenvalue weighted by Gasteiger charge is -2.08. The zero-order valence-electron chi connectivity index (χ0n) is 29.6. The highest BCUT2D eigenvalue weighted by Gasteiger charge is 2.09. The van der Waals surface area contributed by atoms with E-state index >= 15 is 0 Å². The van der Waals surface area contributed by atoms with Gasteiger partial charge in [0.05, 0.1) is 0 Å². The summed E-state index contributed by atoms with van der Waals surface area (Å²) < 4.78 is 0. The molecule has 0 bridgehead atoms. The van der Waals surface area contributed by atoms with Crippen LogP contribution in [0.1, 0.15) is 126 Å². The molecule has 0 N–H and O–H groups in total. The van der Waals surface area contributed by atoms with Crippen molar-refractivity contribution < 1.29 is 0 Å². The molecule has 4 aromatic carbocycles. The lowest BCUT2D eigenvalue weighted by molar-refractivity contribution is 0.576. The second-order valence-electron chi connectivity index (χ2n) is 14.2. The summed E-state index contributed by atoms with van der Waals surface area (Å²) in [5, 5.41) is 7.95. The van der Waals surface area contributed by atoms with Crippen molar-refractivity contribution in [1.29, 1.82) is 0 Å². The molecule has 252 valence electrons. The molecule has 0 aliphatic rings. The molecular weight excluding hydrogens is 617 g/mol. The molecule has 6 aromatic rings. The molecule has 0 saturated carbocycles. The first kappa shape index (κ1) is 34.9. The first-order chi connectivity index (χ1) is 23.7. The number of rotatable bonds is 20. The highest BCUT2D eigenvalue weighted by atomic mass is 32.1. The molecule has 6 rings (SSSR count). The minimum Gasteiger partial charge on any atom is -0.140 e.